The Balaban J connectivity index is 1.60. The van der Waals surface area contributed by atoms with E-state index in [-0.39, 0.29) is 11.7 Å². The van der Waals surface area contributed by atoms with Crippen molar-refractivity contribution in [2.75, 3.05) is 11.9 Å². The van der Waals surface area contributed by atoms with E-state index in [1.807, 2.05) is 30.3 Å². The Bertz CT molecular complexity index is 1090. The molecule has 0 saturated heterocycles. The third-order valence-electron chi connectivity index (χ3n) is 3.83. The molecule has 0 aliphatic heterocycles. The summed E-state index contributed by atoms with van der Waals surface area (Å²) in [5.74, 6) is -1.10. The molecule has 0 fully saturated rings. The lowest BCUT2D eigenvalue weighted by Gasteiger charge is -2.08. The van der Waals surface area contributed by atoms with E-state index in [0.717, 1.165) is 38.6 Å². The molecule has 0 aliphatic rings. The minimum absolute atomic E-state index is 0.131. The Morgan fingerprint density at radius 1 is 1.17 bits per heavy atom. The Kier molecular flexibility index (Phi) is 6.69. The van der Waals surface area contributed by atoms with Crippen molar-refractivity contribution < 1.29 is 14.3 Å². The second-order valence-electron chi connectivity index (χ2n) is 6.10. The molecule has 29 heavy (non-hydrogen) atoms. The molecule has 0 aliphatic carbocycles. The molecule has 0 bridgehead atoms. The maximum Gasteiger partial charge on any atom is 0.330 e. The lowest BCUT2D eigenvalue weighted by molar-refractivity contribution is -0.137. The SMILES string of the molecule is CCOC(=O)/C=C/C(=O)NC(=S)Nc1ccc(-c2nc3ccc(C)cc3s2)cc1. The van der Waals surface area contributed by atoms with Gasteiger partial charge in [0, 0.05) is 23.4 Å². The first kappa shape index (κ1) is 20.6. The molecule has 6 nitrogen and oxygen atoms in total. The summed E-state index contributed by atoms with van der Waals surface area (Å²) >= 11 is 6.77. The van der Waals surface area contributed by atoms with Crippen LogP contribution in [0.1, 0.15) is 12.5 Å². The number of carbonyl (C=O) groups excluding carboxylic acids is 2. The van der Waals surface area contributed by atoms with Gasteiger partial charge >= 0.3 is 5.97 Å². The lowest BCUT2D eigenvalue weighted by Crippen LogP contribution is -2.32. The van der Waals surface area contributed by atoms with Gasteiger partial charge < -0.3 is 10.1 Å². The highest BCUT2D eigenvalue weighted by molar-refractivity contribution is 7.80. The van der Waals surface area contributed by atoms with Crippen LogP contribution in [0.5, 0.6) is 0 Å². The molecule has 0 atom stereocenters. The number of rotatable bonds is 5. The number of hydrogen-bond donors (Lipinski definition) is 2. The fourth-order valence-electron chi connectivity index (χ4n) is 2.50. The van der Waals surface area contributed by atoms with Gasteiger partial charge in [0.25, 0.3) is 0 Å². The standard InChI is InChI=1S/C21H19N3O3S2/c1-3-27-19(26)11-10-18(25)24-21(28)22-15-7-5-14(6-8-15)20-23-16-9-4-13(2)12-17(16)29-20/h4-12H,3H2,1-2H3,(H2,22,24,25,28)/b11-10+. The van der Waals surface area contributed by atoms with Crippen LogP contribution in [0.4, 0.5) is 5.69 Å². The Morgan fingerprint density at radius 3 is 2.66 bits per heavy atom. The molecule has 0 unspecified atom stereocenters. The molecule has 1 heterocycles. The maximum atomic E-state index is 11.8. The average Bonchev–Trinajstić information content (AvgIpc) is 3.10. The molecule has 8 heteroatoms. The quantitative estimate of drug-likeness (QED) is 0.362. The van der Waals surface area contributed by atoms with Crippen LogP contribution in [0, 0.1) is 6.92 Å². The van der Waals surface area contributed by atoms with E-state index in [1.54, 1.807) is 18.3 Å². The minimum Gasteiger partial charge on any atom is -0.463 e. The summed E-state index contributed by atoms with van der Waals surface area (Å²) in [6.45, 7) is 4.00. The molecular formula is C21H19N3O3S2. The number of fused-ring (bicyclic) bond motifs is 1. The van der Waals surface area contributed by atoms with Crippen molar-refractivity contribution in [1.82, 2.24) is 10.3 Å². The van der Waals surface area contributed by atoms with Crippen molar-refractivity contribution in [2.45, 2.75) is 13.8 Å². The summed E-state index contributed by atoms with van der Waals surface area (Å²) in [5.41, 5.74) is 3.92. The van der Waals surface area contributed by atoms with Gasteiger partial charge in [-0.3, -0.25) is 10.1 Å². The number of esters is 1. The highest BCUT2D eigenvalue weighted by Crippen LogP contribution is 2.31. The van der Waals surface area contributed by atoms with Gasteiger partial charge in [0.15, 0.2) is 5.11 Å². The number of benzene rings is 2. The number of ether oxygens (including phenoxy) is 1. The molecule has 0 radical (unpaired) electrons. The van der Waals surface area contributed by atoms with Crippen molar-refractivity contribution >= 4 is 56.4 Å². The summed E-state index contributed by atoms with van der Waals surface area (Å²) in [7, 11) is 0. The third-order valence-corrected chi connectivity index (χ3v) is 5.10. The number of thiazole rings is 1. The van der Waals surface area contributed by atoms with Crippen molar-refractivity contribution in [2.24, 2.45) is 0 Å². The number of carbonyl (C=O) groups is 2. The molecule has 1 aromatic heterocycles. The Hall–Kier alpha value is -3.10. The van der Waals surface area contributed by atoms with Crippen LogP contribution in [0.25, 0.3) is 20.8 Å². The molecule has 0 saturated carbocycles. The molecule has 0 spiro atoms. The number of thiocarbonyl (C=S) groups is 1. The number of amides is 1. The first-order valence-electron chi connectivity index (χ1n) is 8.89. The number of nitrogens with one attached hydrogen (secondary N) is 2. The molecule has 3 rings (SSSR count). The van der Waals surface area contributed by atoms with Gasteiger partial charge in [0.1, 0.15) is 5.01 Å². The number of aromatic nitrogens is 1. The Labute approximate surface area is 177 Å². The van der Waals surface area contributed by atoms with Gasteiger partial charge in [-0.15, -0.1) is 11.3 Å². The maximum absolute atomic E-state index is 11.8. The molecule has 148 valence electrons. The molecule has 2 aromatic carbocycles. The molecule has 1 amide bonds. The fraction of sp³-hybridized carbons (Fsp3) is 0.143. The van der Waals surface area contributed by atoms with Gasteiger partial charge in [-0.25, -0.2) is 9.78 Å². The van der Waals surface area contributed by atoms with Gasteiger partial charge in [-0.05, 0) is 68.0 Å². The van der Waals surface area contributed by atoms with E-state index in [9.17, 15) is 9.59 Å². The van der Waals surface area contributed by atoms with E-state index in [2.05, 4.69) is 34.7 Å². The van der Waals surface area contributed by atoms with Crippen molar-refractivity contribution in [1.29, 1.82) is 0 Å². The second-order valence-corrected chi connectivity index (χ2v) is 7.54. The normalized spacial score (nSPS) is 10.8. The monoisotopic (exact) mass is 425 g/mol. The van der Waals surface area contributed by atoms with E-state index >= 15 is 0 Å². The lowest BCUT2D eigenvalue weighted by atomic mass is 10.2. The summed E-state index contributed by atoms with van der Waals surface area (Å²) in [6, 6.07) is 13.8. The predicted octanol–water partition coefficient (Wildman–Crippen LogP) is 4.20. The van der Waals surface area contributed by atoms with Crippen molar-refractivity contribution in [3.63, 3.8) is 0 Å². The van der Waals surface area contributed by atoms with Crippen molar-refractivity contribution in [3.05, 3.63) is 60.2 Å². The van der Waals surface area contributed by atoms with Gasteiger partial charge in [-0.2, -0.15) is 0 Å². The highest BCUT2D eigenvalue weighted by atomic mass is 32.1. The minimum atomic E-state index is -0.581. The first-order chi connectivity index (χ1) is 13.9. The average molecular weight is 426 g/mol. The van der Waals surface area contributed by atoms with Gasteiger partial charge in [0.2, 0.25) is 5.91 Å². The number of hydrogen-bond acceptors (Lipinski definition) is 6. The fourth-order valence-corrected chi connectivity index (χ4v) is 3.79. The van der Waals surface area contributed by atoms with E-state index in [4.69, 9.17) is 17.0 Å². The number of nitrogens with zero attached hydrogens (tertiary/aromatic N) is 1. The predicted molar refractivity (Wildman–Crippen MR) is 120 cm³/mol. The van der Waals surface area contributed by atoms with E-state index in [0.29, 0.717) is 0 Å². The van der Waals surface area contributed by atoms with Crippen LogP contribution in [0.3, 0.4) is 0 Å². The third kappa shape index (κ3) is 5.69. The summed E-state index contributed by atoms with van der Waals surface area (Å²) in [6.07, 6.45) is 2.12. The Morgan fingerprint density at radius 2 is 1.93 bits per heavy atom. The number of aryl methyl sites for hydroxylation is 1. The topological polar surface area (TPSA) is 80.3 Å². The van der Waals surface area contributed by atoms with Crippen LogP contribution in [0.15, 0.2) is 54.6 Å². The zero-order valence-electron chi connectivity index (χ0n) is 15.9. The zero-order valence-corrected chi connectivity index (χ0v) is 17.5. The highest BCUT2D eigenvalue weighted by Gasteiger charge is 2.07. The summed E-state index contributed by atoms with van der Waals surface area (Å²) in [5, 5.41) is 6.48. The first-order valence-corrected chi connectivity index (χ1v) is 10.1. The van der Waals surface area contributed by atoms with Crippen LogP contribution < -0.4 is 10.6 Å². The van der Waals surface area contributed by atoms with E-state index in [1.165, 1.54) is 5.56 Å². The van der Waals surface area contributed by atoms with Gasteiger partial charge in [0.05, 0.1) is 16.8 Å². The van der Waals surface area contributed by atoms with Crippen LogP contribution in [-0.4, -0.2) is 28.6 Å². The van der Waals surface area contributed by atoms with Crippen LogP contribution >= 0.6 is 23.6 Å². The smallest absolute Gasteiger partial charge is 0.330 e. The molecular weight excluding hydrogens is 406 g/mol. The van der Waals surface area contributed by atoms with Crippen LogP contribution in [-0.2, 0) is 14.3 Å². The molecule has 2 N–H and O–H groups in total. The second kappa shape index (κ2) is 9.40. The summed E-state index contributed by atoms with van der Waals surface area (Å²) < 4.78 is 5.86. The zero-order chi connectivity index (χ0) is 20.8. The van der Waals surface area contributed by atoms with Gasteiger partial charge in [-0.1, -0.05) is 6.07 Å². The molecule has 3 aromatic rings. The van der Waals surface area contributed by atoms with Crippen molar-refractivity contribution in [3.8, 4) is 10.6 Å². The van der Waals surface area contributed by atoms with E-state index < -0.39 is 11.9 Å². The summed E-state index contributed by atoms with van der Waals surface area (Å²) in [4.78, 5) is 27.6. The largest absolute Gasteiger partial charge is 0.463 e. The van der Waals surface area contributed by atoms with Crippen LogP contribution in [0.2, 0.25) is 0 Å². The number of anilines is 1.